The number of aliphatic hydroxyl groups is 1. The van der Waals surface area contributed by atoms with Crippen LogP contribution in [0.2, 0.25) is 0 Å². The van der Waals surface area contributed by atoms with Gasteiger partial charge in [-0.25, -0.2) is 0 Å². The normalized spacial score (nSPS) is 14.0. The Morgan fingerprint density at radius 2 is 2.00 bits per heavy atom. The zero-order valence-corrected chi connectivity index (χ0v) is 11.1. The molecule has 0 aromatic heterocycles. The number of carbonyl (C=O) groups excluding carboxylic acids is 1. The third-order valence-electron chi connectivity index (χ3n) is 3.10. The molecule has 0 heterocycles. The molecule has 0 saturated carbocycles. The number of hydrogen-bond donors (Lipinski definition) is 2. The Morgan fingerprint density at radius 1 is 1.39 bits per heavy atom. The van der Waals surface area contributed by atoms with E-state index in [2.05, 4.69) is 0 Å². The summed E-state index contributed by atoms with van der Waals surface area (Å²) in [5.74, 6) is -0.122. The Morgan fingerprint density at radius 3 is 2.50 bits per heavy atom. The molecule has 1 unspecified atom stereocenters. The minimum Gasteiger partial charge on any atom is -0.395 e. The van der Waals surface area contributed by atoms with Crippen molar-refractivity contribution in [2.45, 2.75) is 32.4 Å². The summed E-state index contributed by atoms with van der Waals surface area (Å²) in [5, 5.41) is 9.07. The lowest BCUT2D eigenvalue weighted by atomic mass is 9.98. The molecule has 0 aliphatic heterocycles. The highest BCUT2D eigenvalue weighted by Gasteiger charge is 2.30. The molecule has 0 bridgehead atoms. The maximum Gasteiger partial charge on any atom is 0.242 e. The van der Waals surface area contributed by atoms with Crippen LogP contribution in [0.1, 0.15) is 25.8 Å². The average Bonchev–Trinajstić information content (AvgIpc) is 2.38. The summed E-state index contributed by atoms with van der Waals surface area (Å²) in [6.07, 6.45) is 0.572. The van der Waals surface area contributed by atoms with Gasteiger partial charge in [-0.05, 0) is 18.9 Å². The van der Waals surface area contributed by atoms with Crippen LogP contribution in [0.15, 0.2) is 30.3 Å². The van der Waals surface area contributed by atoms with Gasteiger partial charge in [-0.3, -0.25) is 4.79 Å². The Kier molecular flexibility index (Phi) is 5.31. The van der Waals surface area contributed by atoms with E-state index in [0.29, 0.717) is 19.5 Å². The standard InChI is InChI=1S/C14H22N2O2/c1-3-14(2,15)13(18)16(9-10-17)11-12-7-5-4-6-8-12/h4-8,17H,3,9-11,15H2,1-2H3. The summed E-state index contributed by atoms with van der Waals surface area (Å²) in [4.78, 5) is 13.9. The molecular formula is C14H22N2O2. The minimum atomic E-state index is -0.871. The number of nitrogens with zero attached hydrogens (tertiary/aromatic N) is 1. The first kappa shape index (κ1) is 14.7. The summed E-state index contributed by atoms with van der Waals surface area (Å²) in [6.45, 7) is 4.34. The maximum atomic E-state index is 12.3. The predicted octanol–water partition coefficient (Wildman–Crippen LogP) is 1.13. The molecule has 0 spiro atoms. The third kappa shape index (κ3) is 3.82. The highest BCUT2D eigenvalue weighted by Crippen LogP contribution is 2.13. The molecule has 0 fully saturated rings. The fraction of sp³-hybridized carbons (Fsp3) is 0.500. The van der Waals surface area contributed by atoms with Crippen LogP contribution in [0.3, 0.4) is 0 Å². The lowest BCUT2D eigenvalue weighted by molar-refractivity contribution is -0.137. The average molecular weight is 250 g/mol. The quantitative estimate of drug-likeness (QED) is 0.795. The van der Waals surface area contributed by atoms with Gasteiger partial charge in [0.2, 0.25) is 5.91 Å². The van der Waals surface area contributed by atoms with Gasteiger partial charge in [-0.1, -0.05) is 37.3 Å². The lowest BCUT2D eigenvalue weighted by Gasteiger charge is -2.30. The molecule has 3 N–H and O–H groups in total. The van der Waals surface area contributed by atoms with E-state index in [1.54, 1.807) is 11.8 Å². The molecule has 4 heteroatoms. The topological polar surface area (TPSA) is 66.6 Å². The Hall–Kier alpha value is -1.39. The first-order chi connectivity index (χ1) is 8.51. The van der Waals surface area contributed by atoms with Crippen molar-refractivity contribution in [2.75, 3.05) is 13.2 Å². The Balaban J connectivity index is 2.80. The number of rotatable bonds is 6. The molecule has 0 aliphatic rings. The fourth-order valence-electron chi connectivity index (χ4n) is 1.69. The third-order valence-corrected chi connectivity index (χ3v) is 3.10. The van der Waals surface area contributed by atoms with Crippen LogP contribution in [0, 0.1) is 0 Å². The largest absolute Gasteiger partial charge is 0.395 e. The second-order valence-electron chi connectivity index (χ2n) is 4.71. The predicted molar refractivity (Wildman–Crippen MR) is 71.8 cm³/mol. The van der Waals surface area contributed by atoms with Crippen molar-refractivity contribution in [1.82, 2.24) is 4.90 Å². The summed E-state index contributed by atoms with van der Waals surface area (Å²) < 4.78 is 0. The summed E-state index contributed by atoms with van der Waals surface area (Å²) in [7, 11) is 0. The molecule has 100 valence electrons. The molecular weight excluding hydrogens is 228 g/mol. The number of amides is 1. The zero-order valence-electron chi connectivity index (χ0n) is 11.1. The van der Waals surface area contributed by atoms with E-state index in [1.807, 2.05) is 37.3 Å². The second kappa shape index (κ2) is 6.52. The fourth-order valence-corrected chi connectivity index (χ4v) is 1.69. The molecule has 1 aromatic carbocycles. The van der Waals surface area contributed by atoms with E-state index in [9.17, 15) is 4.79 Å². The molecule has 18 heavy (non-hydrogen) atoms. The van der Waals surface area contributed by atoms with Gasteiger partial charge in [0.15, 0.2) is 0 Å². The molecule has 1 aromatic rings. The highest BCUT2D eigenvalue weighted by atomic mass is 16.3. The highest BCUT2D eigenvalue weighted by molar-refractivity contribution is 5.85. The number of hydrogen-bond acceptors (Lipinski definition) is 3. The van der Waals surface area contributed by atoms with Crippen LogP contribution in [-0.4, -0.2) is 34.6 Å². The van der Waals surface area contributed by atoms with Gasteiger partial charge in [0, 0.05) is 13.1 Å². The molecule has 1 rings (SSSR count). The first-order valence-corrected chi connectivity index (χ1v) is 6.24. The van der Waals surface area contributed by atoms with Gasteiger partial charge in [0.25, 0.3) is 0 Å². The van der Waals surface area contributed by atoms with Crippen LogP contribution in [0.25, 0.3) is 0 Å². The van der Waals surface area contributed by atoms with E-state index in [1.165, 1.54) is 0 Å². The summed E-state index contributed by atoms with van der Waals surface area (Å²) >= 11 is 0. The second-order valence-corrected chi connectivity index (χ2v) is 4.71. The van der Waals surface area contributed by atoms with Gasteiger partial charge in [0.05, 0.1) is 12.1 Å². The van der Waals surface area contributed by atoms with Crippen molar-refractivity contribution in [2.24, 2.45) is 5.73 Å². The van der Waals surface area contributed by atoms with Crippen molar-refractivity contribution in [3.63, 3.8) is 0 Å². The summed E-state index contributed by atoms with van der Waals surface area (Å²) in [5.41, 5.74) is 6.13. The van der Waals surface area contributed by atoms with Crippen LogP contribution < -0.4 is 5.73 Å². The van der Waals surface area contributed by atoms with Crippen LogP contribution in [-0.2, 0) is 11.3 Å². The van der Waals surface area contributed by atoms with Crippen molar-refractivity contribution < 1.29 is 9.90 Å². The van der Waals surface area contributed by atoms with E-state index in [0.717, 1.165) is 5.56 Å². The minimum absolute atomic E-state index is 0.0572. The molecule has 0 saturated heterocycles. The molecule has 0 radical (unpaired) electrons. The van der Waals surface area contributed by atoms with Gasteiger partial charge < -0.3 is 15.7 Å². The number of nitrogens with two attached hydrogens (primary N) is 1. The van der Waals surface area contributed by atoms with Crippen LogP contribution in [0.5, 0.6) is 0 Å². The van der Waals surface area contributed by atoms with E-state index in [4.69, 9.17) is 10.8 Å². The number of carbonyl (C=O) groups is 1. The van der Waals surface area contributed by atoms with Crippen LogP contribution >= 0.6 is 0 Å². The van der Waals surface area contributed by atoms with Gasteiger partial charge in [-0.15, -0.1) is 0 Å². The molecule has 4 nitrogen and oxygen atoms in total. The monoisotopic (exact) mass is 250 g/mol. The molecule has 1 amide bonds. The Bertz CT molecular complexity index is 377. The zero-order chi connectivity index (χ0) is 13.6. The van der Waals surface area contributed by atoms with E-state index >= 15 is 0 Å². The van der Waals surface area contributed by atoms with Gasteiger partial charge >= 0.3 is 0 Å². The molecule has 1 atom stereocenters. The Labute approximate surface area is 108 Å². The first-order valence-electron chi connectivity index (χ1n) is 6.24. The maximum absolute atomic E-state index is 12.3. The molecule has 0 aliphatic carbocycles. The van der Waals surface area contributed by atoms with Crippen molar-refractivity contribution in [1.29, 1.82) is 0 Å². The van der Waals surface area contributed by atoms with Gasteiger partial charge in [-0.2, -0.15) is 0 Å². The SMILES string of the molecule is CCC(C)(N)C(=O)N(CCO)Cc1ccccc1. The lowest BCUT2D eigenvalue weighted by Crippen LogP contribution is -2.53. The van der Waals surface area contributed by atoms with E-state index < -0.39 is 5.54 Å². The smallest absolute Gasteiger partial charge is 0.242 e. The van der Waals surface area contributed by atoms with Gasteiger partial charge in [0.1, 0.15) is 0 Å². The number of aliphatic hydroxyl groups excluding tert-OH is 1. The van der Waals surface area contributed by atoms with Crippen molar-refractivity contribution in [3.8, 4) is 0 Å². The van der Waals surface area contributed by atoms with Crippen molar-refractivity contribution in [3.05, 3.63) is 35.9 Å². The van der Waals surface area contributed by atoms with Crippen LogP contribution in [0.4, 0.5) is 0 Å². The number of benzene rings is 1. The van der Waals surface area contributed by atoms with E-state index in [-0.39, 0.29) is 12.5 Å². The summed E-state index contributed by atoms with van der Waals surface area (Å²) in [6, 6.07) is 9.70. The van der Waals surface area contributed by atoms with Crippen molar-refractivity contribution >= 4 is 5.91 Å².